The standard InChI is InChI=1S/C10H18N2O/c1-7(2)10(13)12-5-8-3-9(6-12)11-4-8/h7-9,11H,3-6H2,1-2H3/t8-,9-/m0/s1. The highest BCUT2D eigenvalue weighted by atomic mass is 16.2. The predicted octanol–water partition coefficient (Wildman–Crippen LogP) is 0.463. The third-order valence-electron chi connectivity index (χ3n) is 3.04. The van der Waals surface area contributed by atoms with Crippen LogP contribution < -0.4 is 5.32 Å². The molecule has 2 aliphatic heterocycles. The van der Waals surface area contributed by atoms with E-state index in [9.17, 15) is 4.79 Å². The van der Waals surface area contributed by atoms with Crippen LogP contribution in [0.4, 0.5) is 0 Å². The molecule has 2 heterocycles. The van der Waals surface area contributed by atoms with Gasteiger partial charge in [-0.2, -0.15) is 0 Å². The van der Waals surface area contributed by atoms with Crippen molar-refractivity contribution in [1.29, 1.82) is 0 Å². The van der Waals surface area contributed by atoms with Gasteiger partial charge in [-0.3, -0.25) is 4.79 Å². The number of amides is 1. The molecule has 0 spiro atoms. The van der Waals surface area contributed by atoms with Crippen LogP contribution in [-0.2, 0) is 4.79 Å². The number of hydrogen-bond donors (Lipinski definition) is 1. The Bertz CT molecular complexity index is 203. The second-order valence-electron chi connectivity index (χ2n) is 4.60. The van der Waals surface area contributed by atoms with Gasteiger partial charge in [0.1, 0.15) is 0 Å². The molecule has 1 N–H and O–H groups in total. The quantitative estimate of drug-likeness (QED) is 0.639. The van der Waals surface area contributed by atoms with Gasteiger partial charge in [0.2, 0.25) is 5.91 Å². The van der Waals surface area contributed by atoms with Gasteiger partial charge in [0.25, 0.3) is 0 Å². The highest BCUT2D eigenvalue weighted by Crippen LogP contribution is 2.23. The summed E-state index contributed by atoms with van der Waals surface area (Å²) in [4.78, 5) is 13.7. The average Bonchev–Trinajstić information content (AvgIpc) is 2.44. The summed E-state index contributed by atoms with van der Waals surface area (Å²) in [6, 6.07) is 0.571. The van der Waals surface area contributed by atoms with Crippen molar-refractivity contribution >= 4 is 5.91 Å². The first-order chi connectivity index (χ1) is 6.16. The van der Waals surface area contributed by atoms with E-state index >= 15 is 0 Å². The van der Waals surface area contributed by atoms with E-state index in [1.54, 1.807) is 0 Å². The zero-order chi connectivity index (χ0) is 9.42. The maximum absolute atomic E-state index is 11.7. The molecule has 1 amide bonds. The van der Waals surface area contributed by atoms with Crippen LogP contribution in [0.15, 0.2) is 0 Å². The Kier molecular flexibility index (Phi) is 2.28. The van der Waals surface area contributed by atoms with Crippen molar-refractivity contribution in [1.82, 2.24) is 10.2 Å². The van der Waals surface area contributed by atoms with Gasteiger partial charge in [-0.15, -0.1) is 0 Å². The molecule has 2 bridgehead atoms. The Morgan fingerprint density at radius 3 is 2.85 bits per heavy atom. The fourth-order valence-corrected chi connectivity index (χ4v) is 2.38. The molecule has 0 radical (unpaired) electrons. The van der Waals surface area contributed by atoms with Crippen LogP contribution in [0.5, 0.6) is 0 Å². The molecule has 2 rings (SSSR count). The first-order valence-electron chi connectivity index (χ1n) is 5.19. The van der Waals surface area contributed by atoms with Gasteiger partial charge in [-0.25, -0.2) is 0 Å². The van der Waals surface area contributed by atoms with E-state index < -0.39 is 0 Å². The molecule has 2 fully saturated rings. The molecule has 0 saturated carbocycles. The van der Waals surface area contributed by atoms with E-state index in [1.165, 1.54) is 6.42 Å². The molecule has 3 nitrogen and oxygen atoms in total. The van der Waals surface area contributed by atoms with Gasteiger partial charge in [-0.1, -0.05) is 13.8 Å². The van der Waals surface area contributed by atoms with Gasteiger partial charge >= 0.3 is 0 Å². The maximum atomic E-state index is 11.7. The molecule has 2 saturated heterocycles. The predicted molar refractivity (Wildman–Crippen MR) is 51.3 cm³/mol. The SMILES string of the molecule is CC(C)C(=O)N1C[C@@H]2CN[C@@H](C2)C1. The number of piperidine rings is 1. The van der Waals surface area contributed by atoms with Crippen LogP contribution >= 0.6 is 0 Å². The van der Waals surface area contributed by atoms with Crippen LogP contribution in [0.2, 0.25) is 0 Å². The lowest BCUT2D eigenvalue weighted by Gasteiger charge is -2.32. The Balaban J connectivity index is 1.98. The molecule has 0 aromatic heterocycles. The Labute approximate surface area is 79.5 Å². The largest absolute Gasteiger partial charge is 0.341 e. The third-order valence-corrected chi connectivity index (χ3v) is 3.04. The van der Waals surface area contributed by atoms with E-state index in [1.807, 2.05) is 18.7 Å². The Morgan fingerprint density at radius 2 is 2.23 bits per heavy atom. The van der Waals surface area contributed by atoms with Crippen molar-refractivity contribution in [2.24, 2.45) is 11.8 Å². The zero-order valence-electron chi connectivity index (χ0n) is 8.42. The van der Waals surface area contributed by atoms with Crippen molar-refractivity contribution in [2.45, 2.75) is 26.3 Å². The fraction of sp³-hybridized carbons (Fsp3) is 0.900. The number of carbonyl (C=O) groups is 1. The van der Waals surface area contributed by atoms with Crippen LogP contribution in [0.25, 0.3) is 0 Å². The number of rotatable bonds is 1. The minimum absolute atomic E-state index is 0.150. The molecule has 3 heteroatoms. The minimum Gasteiger partial charge on any atom is -0.341 e. The van der Waals surface area contributed by atoms with Gasteiger partial charge in [0.15, 0.2) is 0 Å². The summed E-state index contributed by atoms with van der Waals surface area (Å²) in [6.45, 7) is 6.96. The maximum Gasteiger partial charge on any atom is 0.225 e. The molecular formula is C10H18N2O. The lowest BCUT2D eigenvalue weighted by Crippen LogP contribution is -2.45. The topological polar surface area (TPSA) is 32.3 Å². The molecule has 0 unspecified atom stereocenters. The smallest absolute Gasteiger partial charge is 0.225 e. The number of carbonyl (C=O) groups excluding carboxylic acids is 1. The first-order valence-corrected chi connectivity index (χ1v) is 5.19. The molecule has 0 aromatic carbocycles. The number of nitrogens with zero attached hydrogens (tertiary/aromatic N) is 1. The minimum atomic E-state index is 0.150. The lowest BCUT2D eigenvalue weighted by molar-refractivity contribution is -0.136. The number of fused-ring (bicyclic) bond motifs is 2. The van der Waals surface area contributed by atoms with Gasteiger partial charge in [-0.05, 0) is 12.3 Å². The second kappa shape index (κ2) is 3.29. The normalized spacial score (nSPS) is 32.7. The van der Waals surface area contributed by atoms with E-state index in [4.69, 9.17) is 0 Å². The lowest BCUT2D eigenvalue weighted by atomic mass is 9.99. The van der Waals surface area contributed by atoms with Crippen molar-refractivity contribution in [3.63, 3.8) is 0 Å². The monoisotopic (exact) mass is 182 g/mol. The molecule has 2 aliphatic rings. The molecule has 2 atom stereocenters. The van der Waals surface area contributed by atoms with Crippen LogP contribution in [0, 0.1) is 11.8 Å². The third kappa shape index (κ3) is 1.70. The summed E-state index contributed by atoms with van der Waals surface area (Å²) in [5.41, 5.74) is 0. The van der Waals surface area contributed by atoms with E-state index in [2.05, 4.69) is 5.32 Å². The number of nitrogens with one attached hydrogen (secondary N) is 1. The Morgan fingerprint density at radius 1 is 1.46 bits per heavy atom. The van der Waals surface area contributed by atoms with Gasteiger partial charge in [0.05, 0.1) is 0 Å². The zero-order valence-corrected chi connectivity index (χ0v) is 8.42. The number of hydrogen-bond acceptors (Lipinski definition) is 2. The summed E-state index contributed by atoms with van der Waals surface area (Å²) in [7, 11) is 0. The van der Waals surface area contributed by atoms with E-state index in [-0.39, 0.29) is 5.92 Å². The highest BCUT2D eigenvalue weighted by molar-refractivity contribution is 5.78. The van der Waals surface area contributed by atoms with Crippen molar-refractivity contribution in [3.05, 3.63) is 0 Å². The molecular weight excluding hydrogens is 164 g/mol. The van der Waals surface area contributed by atoms with Crippen molar-refractivity contribution in [3.8, 4) is 0 Å². The first kappa shape index (κ1) is 9.00. The second-order valence-corrected chi connectivity index (χ2v) is 4.60. The van der Waals surface area contributed by atoms with E-state index in [0.717, 1.165) is 19.6 Å². The van der Waals surface area contributed by atoms with E-state index in [0.29, 0.717) is 17.9 Å². The summed E-state index contributed by atoms with van der Waals surface area (Å²) < 4.78 is 0. The Hall–Kier alpha value is -0.570. The summed E-state index contributed by atoms with van der Waals surface area (Å²) in [5.74, 6) is 1.18. The molecule has 74 valence electrons. The fourth-order valence-electron chi connectivity index (χ4n) is 2.38. The summed E-state index contributed by atoms with van der Waals surface area (Å²) in [5, 5.41) is 3.45. The molecule has 13 heavy (non-hydrogen) atoms. The average molecular weight is 182 g/mol. The summed E-state index contributed by atoms with van der Waals surface area (Å²) in [6.07, 6.45) is 1.27. The van der Waals surface area contributed by atoms with Crippen LogP contribution in [0.1, 0.15) is 20.3 Å². The van der Waals surface area contributed by atoms with Gasteiger partial charge < -0.3 is 10.2 Å². The van der Waals surface area contributed by atoms with Crippen LogP contribution in [0.3, 0.4) is 0 Å². The molecule has 0 aromatic rings. The van der Waals surface area contributed by atoms with Crippen molar-refractivity contribution < 1.29 is 4.79 Å². The van der Waals surface area contributed by atoms with Gasteiger partial charge in [0, 0.05) is 31.6 Å². The highest BCUT2D eigenvalue weighted by Gasteiger charge is 2.34. The molecule has 0 aliphatic carbocycles. The number of likely N-dealkylation sites (tertiary alicyclic amines) is 1. The summed E-state index contributed by atoms with van der Waals surface area (Å²) >= 11 is 0. The van der Waals surface area contributed by atoms with Crippen molar-refractivity contribution in [2.75, 3.05) is 19.6 Å². The van der Waals surface area contributed by atoms with Crippen LogP contribution in [-0.4, -0.2) is 36.5 Å².